The number of amides is 2. The summed E-state index contributed by atoms with van der Waals surface area (Å²) in [6.45, 7) is 0.0780. The minimum absolute atomic E-state index is 0.0780. The van der Waals surface area contributed by atoms with Crippen molar-refractivity contribution in [2.45, 2.75) is 0 Å². The highest BCUT2D eigenvalue weighted by atomic mass is 16.7. The largest absolute Gasteiger partial charge is 0.867 e. The molecule has 3 aromatic carbocycles. The Morgan fingerprint density at radius 2 is 1.77 bits per heavy atom. The number of hydrazone groups is 1. The van der Waals surface area contributed by atoms with E-state index in [0.29, 0.717) is 22.6 Å². The number of hydrogen-bond donors (Lipinski definition) is 2. The van der Waals surface area contributed by atoms with Crippen LogP contribution in [0.25, 0.3) is 6.08 Å². The SMILES string of the molecule is O=C(NN=Cc1cccc([N+](=O)[O-])c1[O-])C(=Cc1ccc2c(c1)OCO2)NC(=O)c1ccccc1. The zero-order valence-corrected chi connectivity index (χ0v) is 18.0. The van der Waals surface area contributed by atoms with Crippen molar-refractivity contribution in [2.75, 3.05) is 6.79 Å². The molecule has 11 nitrogen and oxygen atoms in total. The molecule has 1 heterocycles. The Morgan fingerprint density at radius 3 is 2.54 bits per heavy atom. The Morgan fingerprint density at radius 1 is 1.00 bits per heavy atom. The Bertz CT molecular complexity index is 1350. The van der Waals surface area contributed by atoms with E-state index in [1.165, 1.54) is 18.2 Å². The van der Waals surface area contributed by atoms with Gasteiger partial charge in [-0.2, -0.15) is 5.10 Å². The first-order valence-electron chi connectivity index (χ1n) is 10.2. The number of ether oxygens (including phenoxy) is 2. The average Bonchev–Trinajstić information content (AvgIpc) is 3.33. The van der Waals surface area contributed by atoms with Gasteiger partial charge in [0.15, 0.2) is 11.5 Å². The molecular formula is C24H17N4O7-. The maximum absolute atomic E-state index is 12.8. The molecule has 2 amide bonds. The van der Waals surface area contributed by atoms with Crippen LogP contribution in [-0.4, -0.2) is 29.7 Å². The van der Waals surface area contributed by atoms with Gasteiger partial charge < -0.3 is 19.9 Å². The lowest BCUT2D eigenvalue weighted by atomic mass is 10.1. The quantitative estimate of drug-likeness (QED) is 0.231. The highest BCUT2D eigenvalue weighted by molar-refractivity contribution is 6.05. The van der Waals surface area contributed by atoms with Crippen molar-refractivity contribution in [3.8, 4) is 17.2 Å². The number of fused-ring (bicyclic) bond motifs is 1. The molecular weight excluding hydrogens is 456 g/mol. The van der Waals surface area contributed by atoms with E-state index in [0.717, 1.165) is 12.3 Å². The van der Waals surface area contributed by atoms with Crippen LogP contribution in [0.15, 0.2) is 77.5 Å². The predicted molar refractivity (Wildman–Crippen MR) is 123 cm³/mol. The third-order valence-corrected chi connectivity index (χ3v) is 4.83. The molecule has 0 saturated carbocycles. The fourth-order valence-electron chi connectivity index (χ4n) is 3.12. The average molecular weight is 473 g/mol. The molecule has 0 bridgehead atoms. The minimum atomic E-state index is -0.844. The third-order valence-electron chi connectivity index (χ3n) is 4.83. The van der Waals surface area contributed by atoms with Crippen LogP contribution in [0, 0.1) is 10.1 Å². The second-order valence-electron chi connectivity index (χ2n) is 7.14. The standard InChI is InChI=1S/C24H18N4O7/c29-22-17(7-4-8-19(22)28(32)33)13-25-27-24(31)18(26-23(30)16-5-2-1-3-6-16)11-15-9-10-20-21(12-15)35-14-34-20/h1-13,29H,14H2,(H,26,30)(H,27,31)/p-1. The number of nitro groups is 1. The van der Waals surface area contributed by atoms with Gasteiger partial charge in [0.1, 0.15) is 5.70 Å². The smallest absolute Gasteiger partial charge is 0.287 e. The van der Waals surface area contributed by atoms with Crippen molar-refractivity contribution in [3.63, 3.8) is 0 Å². The molecule has 176 valence electrons. The molecule has 11 heteroatoms. The van der Waals surface area contributed by atoms with Crippen molar-refractivity contribution < 1.29 is 29.1 Å². The van der Waals surface area contributed by atoms with Gasteiger partial charge in [-0.15, -0.1) is 0 Å². The fourth-order valence-corrected chi connectivity index (χ4v) is 3.12. The van der Waals surface area contributed by atoms with Gasteiger partial charge in [-0.1, -0.05) is 36.4 Å². The Balaban J connectivity index is 1.57. The van der Waals surface area contributed by atoms with Crippen LogP contribution in [0.1, 0.15) is 21.5 Å². The molecule has 0 saturated heterocycles. The summed E-state index contributed by atoms with van der Waals surface area (Å²) in [6, 6.07) is 17.0. The lowest BCUT2D eigenvalue weighted by Crippen LogP contribution is -2.32. The van der Waals surface area contributed by atoms with E-state index >= 15 is 0 Å². The number of nitro benzene ring substituents is 1. The topological polar surface area (TPSA) is 155 Å². The number of carbonyl (C=O) groups is 2. The second kappa shape index (κ2) is 10.2. The molecule has 0 unspecified atom stereocenters. The number of carbonyl (C=O) groups excluding carboxylic acids is 2. The molecule has 2 N–H and O–H groups in total. The van der Waals surface area contributed by atoms with E-state index < -0.39 is 28.2 Å². The zero-order valence-electron chi connectivity index (χ0n) is 18.0. The highest BCUT2D eigenvalue weighted by Gasteiger charge is 2.17. The lowest BCUT2D eigenvalue weighted by molar-refractivity contribution is -0.398. The number of para-hydroxylation sites is 1. The molecule has 0 atom stereocenters. The zero-order chi connectivity index (χ0) is 24.8. The van der Waals surface area contributed by atoms with Gasteiger partial charge in [0.05, 0.1) is 11.1 Å². The molecule has 3 aromatic rings. The fraction of sp³-hybridized carbons (Fsp3) is 0.0417. The van der Waals surface area contributed by atoms with Gasteiger partial charge in [0.2, 0.25) is 6.79 Å². The molecule has 0 aliphatic carbocycles. The van der Waals surface area contributed by atoms with E-state index in [-0.39, 0.29) is 18.1 Å². The van der Waals surface area contributed by atoms with Gasteiger partial charge in [-0.05, 0) is 47.2 Å². The number of nitrogens with one attached hydrogen (secondary N) is 2. The predicted octanol–water partition coefficient (Wildman–Crippen LogP) is 2.32. The summed E-state index contributed by atoms with van der Waals surface area (Å²) < 4.78 is 10.6. The van der Waals surface area contributed by atoms with Crippen molar-refractivity contribution in [1.29, 1.82) is 0 Å². The number of hydrogen-bond acceptors (Lipinski definition) is 8. The summed E-state index contributed by atoms with van der Waals surface area (Å²) in [4.78, 5) is 35.6. The molecule has 1 aliphatic heterocycles. The Labute approximate surface area is 198 Å². The Hall–Kier alpha value is -5.19. The molecule has 0 aromatic heterocycles. The summed E-state index contributed by atoms with van der Waals surface area (Å²) in [6.07, 6.45) is 2.41. The second-order valence-corrected chi connectivity index (χ2v) is 7.14. The monoisotopic (exact) mass is 473 g/mol. The molecule has 35 heavy (non-hydrogen) atoms. The molecule has 1 aliphatic rings. The molecule has 0 spiro atoms. The van der Waals surface area contributed by atoms with E-state index in [9.17, 15) is 24.8 Å². The van der Waals surface area contributed by atoms with E-state index in [2.05, 4.69) is 15.8 Å². The van der Waals surface area contributed by atoms with Crippen LogP contribution >= 0.6 is 0 Å². The first kappa shape index (κ1) is 23.0. The van der Waals surface area contributed by atoms with Crippen LogP contribution in [0.3, 0.4) is 0 Å². The number of benzene rings is 3. The lowest BCUT2D eigenvalue weighted by Gasteiger charge is -2.11. The minimum Gasteiger partial charge on any atom is -0.867 e. The number of rotatable bonds is 7. The van der Waals surface area contributed by atoms with Gasteiger partial charge in [-0.3, -0.25) is 19.7 Å². The normalized spacial score (nSPS) is 12.4. The maximum atomic E-state index is 12.8. The van der Waals surface area contributed by atoms with Gasteiger partial charge in [0.25, 0.3) is 17.5 Å². The molecule has 0 radical (unpaired) electrons. The first-order valence-corrected chi connectivity index (χ1v) is 10.2. The van der Waals surface area contributed by atoms with Crippen LogP contribution in [0.4, 0.5) is 5.69 Å². The van der Waals surface area contributed by atoms with Crippen molar-refractivity contribution in [2.24, 2.45) is 5.10 Å². The first-order chi connectivity index (χ1) is 16.9. The van der Waals surface area contributed by atoms with Gasteiger partial charge in [0, 0.05) is 11.6 Å². The summed E-state index contributed by atoms with van der Waals surface area (Å²) in [5, 5.41) is 29.3. The van der Waals surface area contributed by atoms with Crippen LogP contribution < -0.4 is 25.3 Å². The third kappa shape index (κ3) is 5.42. The van der Waals surface area contributed by atoms with Crippen LogP contribution in [-0.2, 0) is 4.79 Å². The number of nitrogens with zero attached hydrogens (tertiary/aromatic N) is 2. The van der Waals surface area contributed by atoms with Crippen LogP contribution in [0.5, 0.6) is 17.2 Å². The highest BCUT2D eigenvalue weighted by Crippen LogP contribution is 2.33. The van der Waals surface area contributed by atoms with E-state index in [1.807, 2.05) is 0 Å². The van der Waals surface area contributed by atoms with E-state index in [1.54, 1.807) is 48.5 Å². The summed E-state index contributed by atoms with van der Waals surface area (Å²) in [5.41, 5.74) is 2.24. The summed E-state index contributed by atoms with van der Waals surface area (Å²) in [5.74, 6) is -1.13. The van der Waals surface area contributed by atoms with Crippen molar-refractivity contribution in [3.05, 3.63) is 99.2 Å². The molecule has 0 fully saturated rings. The molecule has 4 rings (SSSR count). The van der Waals surface area contributed by atoms with Crippen molar-refractivity contribution in [1.82, 2.24) is 10.7 Å². The summed E-state index contributed by atoms with van der Waals surface area (Å²) >= 11 is 0. The van der Waals surface area contributed by atoms with Gasteiger partial charge >= 0.3 is 0 Å². The summed E-state index contributed by atoms with van der Waals surface area (Å²) in [7, 11) is 0. The van der Waals surface area contributed by atoms with Crippen LogP contribution in [0.2, 0.25) is 0 Å². The van der Waals surface area contributed by atoms with E-state index in [4.69, 9.17) is 9.47 Å². The van der Waals surface area contributed by atoms with Crippen molar-refractivity contribution >= 4 is 29.8 Å². The maximum Gasteiger partial charge on any atom is 0.287 e. The Kier molecular flexibility index (Phi) is 6.68. The van der Waals surface area contributed by atoms with Gasteiger partial charge in [-0.25, -0.2) is 5.43 Å².